The Morgan fingerprint density at radius 3 is 2.20 bits per heavy atom. The Hall–Kier alpha value is -3.69. The molecule has 1 fully saturated rings. The van der Waals surface area contributed by atoms with Crippen molar-refractivity contribution in [1.82, 2.24) is 24.6 Å². The van der Waals surface area contributed by atoms with Crippen molar-refractivity contribution in [3.63, 3.8) is 0 Å². The van der Waals surface area contributed by atoms with Gasteiger partial charge in [-0.3, -0.25) is 9.88 Å². The van der Waals surface area contributed by atoms with Gasteiger partial charge in [0.1, 0.15) is 29.9 Å². The lowest BCUT2D eigenvalue weighted by Gasteiger charge is -2.40. The first kappa shape index (κ1) is 23.1. The van der Waals surface area contributed by atoms with Crippen LogP contribution in [0.2, 0.25) is 0 Å². The van der Waals surface area contributed by atoms with E-state index >= 15 is 0 Å². The van der Waals surface area contributed by atoms with Gasteiger partial charge in [-0.25, -0.2) is 18.4 Å². The minimum atomic E-state index is -1.60. The molecule has 0 bridgehead atoms. The smallest absolute Gasteiger partial charge is 0.137 e. The molecular formula is C26H26F2N6O. The number of aromatic nitrogens is 4. The van der Waals surface area contributed by atoms with Crippen molar-refractivity contribution < 1.29 is 13.9 Å². The van der Waals surface area contributed by atoms with Crippen LogP contribution in [-0.2, 0) is 12.1 Å². The molecule has 2 aromatic heterocycles. The number of piperazine rings is 1. The first-order valence-corrected chi connectivity index (χ1v) is 11.5. The van der Waals surface area contributed by atoms with E-state index in [1.54, 1.807) is 12.4 Å². The van der Waals surface area contributed by atoms with Crippen molar-refractivity contribution in [3.05, 3.63) is 96.8 Å². The third-order valence-electron chi connectivity index (χ3n) is 6.43. The van der Waals surface area contributed by atoms with Crippen molar-refractivity contribution in [2.75, 3.05) is 37.6 Å². The molecular weight excluding hydrogens is 450 g/mol. The highest BCUT2D eigenvalue weighted by atomic mass is 19.1. The van der Waals surface area contributed by atoms with Crippen molar-refractivity contribution in [3.8, 4) is 11.1 Å². The molecule has 1 N–H and O–H groups in total. The fourth-order valence-electron chi connectivity index (χ4n) is 4.61. The first-order chi connectivity index (χ1) is 17.0. The zero-order valence-electron chi connectivity index (χ0n) is 19.1. The number of anilines is 1. The molecule has 0 aliphatic carbocycles. The maximum Gasteiger partial charge on any atom is 0.137 e. The van der Waals surface area contributed by atoms with Crippen molar-refractivity contribution >= 4 is 5.69 Å². The lowest BCUT2D eigenvalue weighted by atomic mass is 9.92. The Kier molecular flexibility index (Phi) is 6.52. The lowest BCUT2D eigenvalue weighted by molar-refractivity contribution is -0.0227. The van der Waals surface area contributed by atoms with E-state index in [1.165, 1.54) is 23.4 Å². The van der Waals surface area contributed by atoms with Gasteiger partial charge in [0.2, 0.25) is 0 Å². The van der Waals surface area contributed by atoms with E-state index in [1.807, 2.05) is 12.1 Å². The number of β-amino-alcohol motifs (C(OH)–C–C–N with tert-alkyl or cyclic N) is 1. The maximum atomic E-state index is 14.7. The molecule has 2 aromatic carbocycles. The normalized spacial score (nSPS) is 16.3. The molecule has 180 valence electrons. The zero-order chi connectivity index (χ0) is 24.3. The first-order valence-electron chi connectivity index (χ1n) is 11.5. The third-order valence-corrected chi connectivity index (χ3v) is 6.43. The molecule has 9 heteroatoms. The summed E-state index contributed by atoms with van der Waals surface area (Å²) in [6.45, 7) is 3.10. The average molecular weight is 477 g/mol. The second-order valence-electron chi connectivity index (χ2n) is 8.79. The summed E-state index contributed by atoms with van der Waals surface area (Å²) in [4.78, 5) is 12.4. The highest BCUT2D eigenvalue weighted by molar-refractivity contribution is 5.65. The molecule has 4 aromatic rings. The fraction of sp³-hybridized carbons (Fsp3) is 0.269. The van der Waals surface area contributed by atoms with Crippen LogP contribution in [0.4, 0.5) is 14.5 Å². The van der Waals surface area contributed by atoms with Crippen molar-refractivity contribution in [1.29, 1.82) is 0 Å². The highest BCUT2D eigenvalue weighted by Gasteiger charge is 2.36. The van der Waals surface area contributed by atoms with E-state index in [-0.39, 0.29) is 18.7 Å². The molecule has 5 rings (SSSR count). The van der Waals surface area contributed by atoms with Crippen LogP contribution in [-0.4, -0.2) is 62.5 Å². The summed E-state index contributed by atoms with van der Waals surface area (Å²) in [7, 11) is 0. The summed E-state index contributed by atoms with van der Waals surface area (Å²) in [5.41, 5.74) is 1.83. The van der Waals surface area contributed by atoms with Crippen molar-refractivity contribution in [2.45, 2.75) is 12.1 Å². The summed E-state index contributed by atoms with van der Waals surface area (Å²) in [6.07, 6.45) is 6.40. The lowest BCUT2D eigenvalue weighted by Crippen LogP contribution is -2.52. The van der Waals surface area contributed by atoms with Crippen molar-refractivity contribution in [2.24, 2.45) is 0 Å². The van der Waals surface area contributed by atoms with E-state index in [9.17, 15) is 13.9 Å². The minimum Gasteiger partial charge on any atom is -0.382 e. The summed E-state index contributed by atoms with van der Waals surface area (Å²) in [6, 6.07) is 15.7. The largest absolute Gasteiger partial charge is 0.382 e. The van der Waals surface area contributed by atoms with Crippen LogP contribution in [0.3, 0.4) is 0 Å². The topological polar surface area (TPSA) is 70.3 Å². The van der Waals surface area contributed by atoms with Gasteiger partial charge in [-0.2, -0.15) is 5.10 Å². The van der Waals surface area contributed by atoms with Gasteiger partial charge in [0.25, 0.3) is 0 Å². The van der Waals surface area contributed by atoms with Gasteiger partial charge in [0.05, 0.1) is 6.54 Å². The van der Waals surface area contributed by atoms with E-state index in [0.29, 0.717) is 13.1 Å². The van der Waals surface area contributed by atoms with Crippen LogP contribution in [0.25, 0.3) is 11.1 Å². The van der Waals surface area contributed by atoms with E-state index < -0.39 is 17.2 Å². The maximum absolute atomic E-state index is 14.7. The second-order valence-corrected chi connectivity index (χ2v) is 8.79. The van der Waals surface area contributed by atoms with Gasteiger partial charge in [0, 0.05) is 62.4 Å². The molecule has 7 nitrogen and oxygen atoms in total. The molecule has 3 heterocycles. The third kappa shape index (κ3) is 5.21. The predicted molar refractivity (Wildman–Crippen MR) is 129 cm³/mol. The summed E-state index contributed by atoms with van der Waals surface area (Å²) in [5, 5.41) is 15.7. The number of halogens is 2. The number of hydrogen-bond acceptors (Lipinski definition) is 6. The highest BCUT2D eigenvalue weighted by Crippen LogP contribution is 2.29. The summed E-state index contributed by atoms with van der Waals surface area (Å²) >= 11 is 0. The second kappa shape index (κ2) is 9.89. The minimum absolute atomic E-state index is 0.00619. The quantitative estimate of drug-likeness (QED) is 0.441. The van der Waals surface area contributed by atoms with Crippen LogP contribution >= 0.6 is 0 Å². The molecule has 0 spiro atoms. The number of aliphatic hydroxyl groups is 1. The Morgan fingerprint density at radius 1 is 0.829 bits per heavy atom. The SMILES string of the molecule is OC(CN1CCN(c2ccc(-c3ccncc3)cc2)CC1)(Cn1cncn1)c1ccc(F)cc1F. The summed E-state index contributed by atoms with van der Waals surface area (Å²) < 4.78 is 29.7. The van der Waals surface area contributed by atoms with Gasteiger partial charge in [-0.05, 0) is 41.5 Å². The molecule has 1 aliphatic heterocycles. The Bertz CT molecular complexity index is 1240. The van der Waals surface area contributed by atoms with Crippen LogP contribution in [0, 0.1) is 11.6 Å². The molecule has 1 atom stereocenters. The van der Waals surface area contributed by atoms with E-state index in [4.69, 9.17) is 0 Å². The summed E-state index contributed by atoms with van der Waals surface area (Å²) in [5.74, 6) is -1.46. The number of pyridine rings is 1. The predicted octanol–water partition coefficient (Wildman–Crippen LogP) is 3.33. The number of nitrogens with zero attached hydrogens (tertiary/aromatic N) is 6. The van der Waals surface area contributed by atoms with Crippen LogP contribution in [0.5, 0.6) is 0 Å². The molecule has 1 unspecified atom stereocenters. The van der Waals surface area contributed by atoms with Gasteiger partial charge in [-0.1, -0.05) is 18.2 Å². The van der Waals surface area contributed by atoms with Gasteiger partial charge in [0.15, 0.2) is 0 Å². The Morgan fingerprint density at radius 2 is 1.54 bits per heavy atom. The van der Waals surface area contributed by atoms with Gasteiger partial charge < -0.3 is 10.0 Å². The van der Waals surface area contributed by atoms with Crippen LogP contribution in [0.15, 0.2) is 79.6 Å². The molecule has 1 saturated heterocycles. The number of benzene rings is 2. The molecule has 0 saturated carbocycles. The Balaban J connectivity index is 1.27. The molecule has 1 aliphatic rings. The van der Waals surface area contributed by atoms with Crippen LogP contribution in [0.1, 0.15) is 5.56 Å². The molecule has 0 radical (unpaired) electrons. The molecule has 35 heavy (non-hydrogen) atoms. The molecule has 0 amide bonds. The number of rotatable bonds is 7. The van der Waals surface area contributed by atoms with Gasteiger partial charge in [-0.15, -0.1) is 0 Å². The van der Waals surface area contributed by atoms with Gasteiger partial charge >= 0.3 is 0 Å². The fourth-order valence-corrected chi connectivity index (χ4v) is 4.61. The number of hydrogen-bond donors (Lipinski definition) is 1. The van der Waals surface area contributed by atoms with E-state index in [0.717, 1.165) is 42.0 Å². The average Bonchev–Trinajstić information content (AvgIpc) is 3.38. The standard InChI is InChI=1S/C26H26F2N6O/c27-22-3-6-24(25(28)15-22)26(35,17-34-19-30-18-31-34)16-32-11-13-33(14-12-32)23-4-1-20(2-5-23)21-7-9-29-10-8-21/h1-10,15,18-19,35H,11-14,16-17H2. The van der Waals surface area contributed by atoms with Crippen LogP contribution < -0.4 is 4.90 Å². The van der Waals surface area contributed by atoms with E-state index in [2.05, 4.69) is 49.1 Å². The Labute approximate surface area is 202 Å². The monoisotopic (exact) mass is 476 g/mol. The zero-order valence-corrected chi connectivity index (χ0v) is 19.1.